The second kappa shape index (κ2) is 5.55. The molecule has 0 aliphatic heterocycles. The van der Waals surface area contributed by atoms with E-state index in [-0.39, 0.29) is 17.3 Å². The lowest BCUT2D eigenvalue weighted by atomic mass is 10.3. The molecule has 4 nitrogen and oxygen atoms in total. The van der Waals surface area contributed by atoms with Crippen molar-refractivity contribution in [3.63, 3.8) is 0 Å². The normalized spacial score (nSPS) is 11.9. The van der Waals surface area contributed by atoms with Crippen molar-refractivity contribution in [1.29, 1.82) is 0 Å². The molecule has 0 atom stereocenters. The first-order valence-corrected chi connectivity index (χ1v) is 5.33. The summed E-state index contributed by atoms with van der Waals surface area (Å²) in [5, 5.41) is 5.25. The first-order valence-electron chi connectivity index (χ1n) is 4.95. The Morgan fingerprint density at radius 2 is 2.17 bits per heavy atom. The maximum Gasteiger partial charge on any atom is 0.324 e. The summed E-state index contributed by atoms with van der Waals surface area (Å²) in [6.45, 7) is 0.566. The molecular weight excluding hydrogens is 278 g/mol. The van der Waals surface area contributed by atoms with Gasteiger partial charge in [0.15, 0.2) is 0 Å². The molecule has 9 heteroatoms. The van der Waals surface area contributed by atoms with Crippen molar-refractivity contribution in [2.24, 2.45) is 0 Å². The van der Waals surface area contributed by atoms with Gasteiger partial charge in [0.05, 0.1) is 18.4 Å². The maximum absolute atomic E-state index is 12.7. The third-order valence-corrected chi connectivity index (χ3v) is 2.48. The van der Waals surface area contributed by atoms with Crippen molar-refractivity contribution in [3.8, 4) is 0 Å². The number of nitrogens with one attached hydrogen (secondary N) is 1. The number of halogens is 5. The van der Waals surface area contributed by atoms with Gasteiger partial charge in [-0.2, -0.15) is 13.9 Å². The zero-order chi connectivity index (χ0) is 13.9. The van der Waals surface area contributed by atoms with Crippen molar-refractivity contribution >= 4 is 17.3 Å². The molecule has 0 spiro atoms. The molecule has 0 unspecified atom stereocenters. The molecule has 0 fully saturated rings. The monoisotopic (exact) mass is 287 g/mol. The number of hydrogen-bond donors (Lipinski definition) is 1. The Morgan fingerprint density at radius 1 is 1.56 bits per heavy atom. The van der Waals surface area contributed by atoms with Crippen LogP contribution in [0.4, 0.5) is 23.2 Å². The zero-order valence-electron chi connectivity index (χ0n) is 9.26. The summed E-state index contributed by atoms with van der Waals surface area (Å²) in [6, 6.07) is 0. The number of nitrogens with zero attached hydrogens (tertiary/aromatic N) is 2. The number of alkyl halides is 4. The highest BCUT2D eigenvalue weighted by molar-refractivity contribution is 6.32. The van der Waals surface area contributed by atoms with E-state index in [9.17, 15) is 22.4 Å². The molecule has 0 aliphatic carbocycles. The van der Waals surface area contributed by atoms with E-state index in [0.717, 1.165) is 10.9 Å². The van der Waals surface area contributed by atoms with Crippen LogP contribution in [-0.4, -0.2) is 28.7 Å². The smallest absolute Gasteiger partial charge is 0.324 e. The molecule has 102 valence electrons. The van der Waals surface area contributed by atoms with Crippen LogP contribution >= 0.6 is 11.6 Å². The van der Waals surface area contributed by atoms with Crippen LogP contribution in [0.1, 0.15) is 6.92 Å². The number of anilines is 1. The molecule has 1 heterocycles. The van der Waals surface area contributed by atoms with Crippen LogP contribution in [0.2, 0.25) is 5.02 Å². The molecule has 0 aliphatic rings. The van der Waals surface area contributed by atoms with Crippen molar-refractivity contribution in [3.05, 3.63) is 21.6 Å². The molecular formula is C9H10ClF4N3O. The molecule has 1 rings (SSSR count). The van der Waals surface area contributed by atoms with E-state index < -0.39 is 24.5 Å². The largest absolute Gasteiger partial charge is 0.376 e. The SMILES string of the molecule is CCn1ncc(NCC(F)(F)C(F)F)c(Cl)c1=O. The second-order valence-corrected chi connectivity index (χ2v) is 3.79. The van der Waals surface area contributed by atoms with Crippen LogP contribution in [0, 0.1) is 0 Å². The van der Waals surface area contributed by atoms with E-state index in [1.54, 1.807) is 6.92 Å². The molecule has 0 radical (unpaired) electrons. The molecule has 1 N–H and O–H groups in total. The first kappa shape index (κ1) is 14.7. The van der Waals surface area contributed by atoms with Gasteiger partial charge in [-0.15, -0.1) is 0 Å². The van der Waals surface area contributed by atoms with E-state index in [1.165, 1.54) is 0 Å². The molecule has 0 bridgehead atoms. The molecule has 1 aromatic rings. The summed E-state index contributed by atoms with van der Waals surface area (Å²) in [7, 11) is 0. The van der Waals surface area contributed by atoms with Gasteiger partial charge in [-0.1, -0.05) is 11.6 Å². The third kappa shape index (κ3) is 3.12. The molecule has 0 saturated heterocycles. The van der Waals surface area contributed by atoms with Gasteiger partial charge in [0.1, 0.15) is 5.02 Å². The Bertz CT molecular complexity index is 477. The molecule has 0 saturated carbocycles. The average Bonchev–Trinajstić information content (AvgIpc) is 2.31. The van der Waals surface area contributed by atoms with Crippen molar-refractivity contribution in [2.45, 2.75) is 25.8 Å². The number of aromatic nitrogens is 2. The molecule has 18 heavy (non-hydrogen) atoms. The summed E-state index contributed by atoms with van der Waals surface area (Å²) in [5.41, 5.74) is -0.878. The minimum atomic E-state index is -4.21. The third-order valence-electron chi connectivity index (χ3n) is 2.12. The van der Waals surface area contributed by atoms with Crippen molar-refractivity contribution in [2.75, 3.05) is 11.9 Å². The quantitative estimate of drug-likeness (QED) is 0.845. The van der Waals surface area contributed by atoms with Crippen LogP contribution in [0.5, 0.6) is 0 Å². The number of hydrogen-bond acceptors (Lipinski definition) is 3. The minimum Gasteiger partial charge on any atom is -0.376 e. The highest BCUT2D eigenvalue weighted by atomic mass is 35.5. The Labute approximate surface area is 105 Å². The topological polar surface area (TPSA) is 46.9 Å². The van der Waals surface area contributed by atoms with Crippen LogP contribution < -0.4 is 10.9 Å². The van der Waals surface area contributed by atoms with Crippen LogP contribution in [0.15, 0.2) is 11.0 Å². The second-order valence-electron chi connectivity index (χ2n) is 3.41. The van der Waals surface area contributed by atoms with Gasteiger partial charge in [0, 0.05) is 6.54 Å². The zero-order valence-corrected chi connectivity index (χ0v) is 10.0. The van der Waals surface area contributed by atoms with Gasteiger partial charge in [-0.3, -0.25) is 4.79 Å². The molecule has 1 aromatic heterocycles. The highest BCUT2D eigenvalue weighted by Gasteiger charge is 2.40. The van der Waals surface area contributed by atoms with E-state index in [4.69, 9.17) is 11.6 Å². The van der Waals surface area contributed by atoms with Crippen molar-refractivity contribution < 1.29 is 17.6 Å². The van der Waals surface area contributed by atoms with Gasteiger partial charge >= 0.3 is 12.3 Å². The number of rotatable bonds is 5. The fourth-order valence-corrected chi connectivity index (χ4v) is 1.32. The van der Waals surface area contributed by atoms with Gasteiger partial charge < -0.3 is 5.32 Å². The summed E-state index contributed by atoms with van der Waals surface area (Å²) in [6.07, 6.45) is -2.76. The fourth-order valence-electron chi connectivity index (χ4n) is 1.10. The lowest BCUT2D eigenvalue weighted by Crippen LogP contribution is -2.35. The van der Waals surface area contributed by atoms with Gasteiger partial charge in [-0.25, -0.2) is 13.5 Å². The lowest BCUT2D eigenvalue weighted by molar-refractivity contribution is -0.117. The van der Waals surface area contributed by atoms with E-state index in [0.29, 0.717) is 0 Å². The summed E-state index contributed by atoms with van der Waals surface area (Å²) < 4.78 is 50.1. The molecule has 0 amide bonds. The Balaban J connectivity index is 2.88. The minimum absolute atomic E-state index is 0.202. The standard InChI is InChI=1S/C9H10ClF4N3O/c1-2-17-7(18)6(10)5(3-16-17)15-4-9(13,14)8(11)12/h3,8,15H,2,4H2,1H3. The van der Waals surface area contributed by atoms with Crippen molar-refractivity contribution in [1.82, 2.24) is 9.78 Å². The Kier molecular flexibility index (Phi) is 4.55. The fraction of sp³-hybridized carbons (Fsp3) is 0.556. The van der Waals surface area contributed by atoms with Crippen LogP contribution in [0.3, 0.4) is 0 Å². The predicted octanol–water partition coefficient (Wildman–Crippen LogP) is 2.23. The van der Waals surface area contributed by atoms with E-state index >= 15 is 0 Å². The van der Waals surface area contributed by atoms with E-state index in [1.807, 2.05) is 5.32 Å². The lowest BCUT2D eigenvalue weighted by Gasteiger charge is -2.17. The van der Waals surface area contributed by atoms with Crippen LogP contribution in [-0.2, 0) is 6.54 Å². The average molecular weight is 288 g/mol. The first-order chi connectivity index (χ1) is 8.29. The van der Waals surface area contributed by atoms with Gasteiger partial charge in [0.25, 0.3) is 5.56 Å². The summed E-state index contributed by atoms with van der Waals surface area (Å²) in [5.74, 6) is -4.21. The van der Waals surface area contributed by atoms with Gasteiger partial charge in [0.2, 0.25) is 0 Å². The molecule has 0 aromatic carbocycles. The summed E-state index contributed by atoms with van der Waals surface area (Å²) >= 11 is 5.62. The predicted molar refractivity (Wildman–Crippen MR) is 58.6 cm³/mol. The summed E-state index contributed by atoms with van der Waals surface area (Å²) in [4.78, 5) is 11.5. The Morgan fingerprint density at radius 3 is 2.67 bits per heavy atom. The highest BCUT2D eigenvalue weighted by Crippen LogP contribution is 2.24. The maximum atomic E-state index is 12.7. The van der Waals surface area contributed by atoms with Crippen LogP contribution in [0.25, 0.3) is 0 Å². The van der Waals surface area contributed by atoms with Gasteiger partial charge in [-0.05, 0) is 6.92 Å². The Hall–Kier alpha value is -1.31. The van der Waals surface area contributed by atoms with E-state index in [2.05, 4.69) is 5.10 Å². The number of aryl methyl sites for hydroxylation is 1.